The van der Waals surface area contributed by atoms with Crippen LogP contribution in [-0.2, 0) is 11.2 Å². The monoisotopic (exact) mass is 272 g/mol. The standard InChI is InChI=1S/C15H12O5/c1-18-15(17)12-7-6-11(20-12)14(16)13-8-9-4-2-3-5-10(9)19-13/h2-7,13H,8H2,1H3. The zero-order valence-electron chi connectivity index (χ0n) is 10.8. The van der Waals surface area contributed by atoms with Gasteiger partial charge in [-0.15, -0.1) is 0 Å². The fourth-order valence-electron chi connectivity index (χ4n) is 2.17. The van der Waals surface area contributed by atoms with Crippen molar-refractivity contribution in [1.29, 1.82) is 0 Å². The number of esters is 1. The van der Waals surface area contributed by atoms with Crippen molar-refractivity contribution in [2.45, 2.75) is 12.5 Å². The van der Waals surface area contributed by atoms with Crippen molar-refractivity contribution in [3.8, 4) is 5.75 Å². The highest BCUT2D eigenvalue weighted by Gasteiger charge is 2.31. The van der Waals surface area contributed by atoms with Crippen molar-refractivity contribution in [2.24, 2.45) is 0 Å². The Bertz CT molecular complexity index is 645. The van der Waals surface area contributed by atoms with Gasteiger partial charge in [0.05, 0.1) is 7.11 Å². The van der Waals surface area contributed by atoms with Gasteiger partial charge in [0.25, 0.3) is 0 Å². The number of para-hydroxylation sites is 1. The van der Waals surface area contributed by atoms with Gasteiger partial charge in [-0.05, 0) is 23.8 Å². The van der Waals surface area contributed by atoms with E-state index in [2.05, 4.69) is 4.74 Å². The molecule has 2 heterocycles. The summed E-state index contributed by atoms with van der Waals surface area (Å²) in [5.41, 5.74) is 0.991. The van der Waals surface area contributed by atoms with Crippen molar-refractivity contribution in [1.82, 2.24) is 0 Å². The van der Waals surface area contributed by atoms with Crippen LogP contribution in [0.1, 0.15) is 26.7 Å². The van der Waals surface area contributed by atoms with E-state index in [-0.39, 0.29) is 17.3 Å². The SMILES string of the molecule is COC(=O)c1ccc(C(=O)C2Cc3ccccc3O2)o1. The highest BCUT2D eigenvalue weighted by molar-refractivity contribution is 5.99. The first-order chi connectivity index (χ1) is 9.69. The van der Waals surface area contributed by atoms with Gasteiger partial charge in [0, 0.05) is 6.42 Å². The number of benzene rings is 1. The molecule has 2 aromatic rings. The van der Waals surface area contributed by atoms with E-state index in [1.165, 1.54) is 19.2 Å². The highest BCUT2D eigenvalue weighted by Crippen LogP contribution is 2.29. The third-order valence-electron chi connectivity index (χ3n) is 3.18. The maximum Gasteiger partial charge on any atom is 0.373 e. The second-order valence-electron chi connectivity index (χ2n) is 4.44. The second-order valence-corrected chi connectivity index (χ2v) is 4.44. The Hall–Kier alpha value is -2.56. The van der Waals surface area contributed by atoms with E-state index >= 15 is 0 Å². The topological polar surface area (TPSA) is 65.7 Å². The number of fused-ring (bicyclic) bond motifs is 1. The molecule has 1 aromatic carbocycles. The lowest BCUT2D eigenvalue weighted by atomic mass is 10.1. The van der Waals surface area contributed by atoms with Crippen LogP contribution in [0, 0.1) is 0 Å². The van der Waals surface area contributed by atoms with Crippen LogP contribution in [0.15, 0.2) is 40.8 Å². The molecule has 5 nitrogen and oxygen atoms in total. The number of ether oxygens (including phenoxy) is 2. The molecular formula is C15H12O5. The number of hydrogen-bond acceptors (Lipinski definition) is 5. The molecule has 0 radical (unpaired) electrons. The predicted molar refractivity (Wildman–Crippen MR) is 68.9 cm³/mol. The molecule has 0 saturated heterocycles. The number of rotatable bonds is 3. The number of methoxy groups -OCH3 is 1. The van der Waals surface area contributed by atoms with Crippen LogP contribution in [0.2, 0.25) is 0 Å². The lowest BCUT2D eigenvalue weighted by molar-refractivity contribution is 0.0560. The maximum absolute atomic E-state index is 12.3. The van der Waals surface area contributed by atoms with Crippen molar-refractivity contribution >= 4 is 11.8 Å². The molecular weight excluding hydrogens is 260 g/mol. The lowest BCUT2D eigenvalue weighted by Crippen LogP contribution is -2.24. The summed E-state index contributed by atoms with van der Waals surface area (Å²) in [4.78, 5) is 23.6. The zero-order chi connectivity index (χ0) is 14.1. The number of furan rings is 1. The quantitative estimate of drug-likeness (QED) is 0.633. The Morgan fingerprint density at radius 1 is 1.15 bits per heavy atom. The smallest absolute Gasteiger partial charge is 0.373 e. The van der Waals surface area contributed by atoms with Gasteiger partial charge in [-0.25, -0.2) is 4.79 Å². The minimum atomic E-state index is -0.611. The molecule has 1 aliphatic rings. The minimum absolute atomic E-state index is 0.00589. The molecule has 1 atom stereocenters. The largest absolute Gasteiger partial charge is 0.481 e. The maximum atomic E-state index is 12.3. The highest BCUT2D eigenvalue weighted by atomic mass is 16.5. The molecule has 0 saturated carbocycles. The van der Waals surface area contributed by atoms with Crippen LogP contribution in [0.3, 0.4) is 0 Å². The van der Waals surface area contributed by atoms with E-state index in [1.54, 1.807) is 0 Å². The second kappa shape index (κ2) is 4.85. The van der Waals surface area contributed by atoms with Gasteiger partial charge in [-0.1, -0.05) is 18.2 Å². The summed E-state index contributed by atoms with van der Waals surface area (Å²) in [5.74, 6) is -0.0730. The third-order valence-corrected chi connectivity index (χ3v) is 3.18. The Kier molecular flexibility index (Phi) is 3.02. The van der Waals surface area contributed by atoms with Crippen LogP contribution in [0.5, 0.6) is 5.75 Å². The molecule has 1 aliphatic heterocycles. The Labute approximate surface area is 115 Å². The summed E-state index contributed by atoms with van der Waals surface area (Å²) in [6, 6.07) is 10.4. The van der Waals surface area contributed by atoms with Gasteiger partial charge >= 0.3 is 5.97 Å². The van der Waals surface area contributed by atoms with Crippen molar-refractivity contribution in [3.05, 3.63) is 53.5 Å². The summed E-state index contributed by atoms with van der Waals surface area (Å²) in [6.07, 6.45) is -0.104. The molecule has 0 aliphatic carbocycles. The van der Waals surface area contributed by atoms with E-state index in [1.807, 2.05) is 24.3 Å². The fourth-order valence-corrected chi connectivity index (χ4v) is 2.17. The molecule has 0 N–H and O–H groups in total. The van der Waals surface area contributed by atoms with E-state index in [0.717, 1.165) is 5.56 Å². The van der Waals surface area contributed by atoms with Gasteiger partial charge in [0.1, 0.15) is 5.75 Å². The summed E-state index contributed by atoms with van der Waals surface area (Å²) in [7, 11) is 1.25. The predicted octanol–water partition coefficient (Wildman–Crippen LogP) is 2.25. The molecule has 0 fully saturated rings. The van der Waals surface area contributed by atoms with Crippen molar-refractivity contribution in [2.75, 3.05) is 7.11 Å². The molecule has 1 aromatic heterocycles. The van der Waals surface area contributed by atoms with Crippen LogP contribution in [0.4, 0.5) is 0 Å². The summed E-state index contributed by atoms with van der Waals surface area (Å²) < 4.78 is 15.3. The first kappa shape index (κ1) is 12.5. The number of carbonyl (C=O) groups is 2. The summed E-state index contributed by atoms with van der Waals surface area (Å²) in [6.45, 7) is 0. The van der Waals surface area contributed by atoms with Gasteiger partial charge < -0.3 is 13.9 Å². The zero-order valence-corrected chi connectivity index (χ0v) is 10.8. The Morgan fingerprint density at radius 2 is 1.90 bits per heavy atom. The third kappa shape index (κ3) is 2.07. The Balaban J connectivity index is 1.78. The first-order valence-electron chi connectivity index (χ1n) is 6.16. The minimum Gasteiger partial charge on any atom is -0.481 e. The summed E-state index contributed by atoms with van der Waals surface area (Å²) in [5, 5.41) is 0. The molecule has 3 rings (SSSR count). The molecule has 20 heavy (non-hydrogen) atoms. The average molecular weight is 272 g/mol. The molecule has 0 amide bonds. The van der Waals surface area contributed by atoms with Gasteiger partial charge in [-0.2, -0.15) is 0 Å². The number of Topliss-reactive ketones (excluding diaryl/α,β-unsaturated/α-hetero) is 1. The fraction of sp³-hybridized carbons (Fsp3) is 0.200. The average Bonchev–Trinajstić information content (AvgIpc) is 3.12. The number of carbonyl (C=O) groups excluding carboxylic acids is 2. The van der Waals surface area contributed by atoms with E-state index in [9.17, 15) is 9.59 Å². The van der Waals surface area contributed by atoms with Crippen molar-refractivity contribution in [3.63, 3.8) is 0 Å². The van der Waals surface area contributed by atoms with Crippen molar-refractivity contribution < 1.29 is 23.5 Å². The number of hydrogen-bond donors (Lipinski definition) is 0. The van der Waals surface area contributed by atoms with E-state index in [4.69, 9.17) is 9.15 Å². The molecule has 102 valence electrons. The van der Waals surface area contributed by atoms with Crippen LogP contribution in [-0.4, -0.2) is 25.0 Å². The molecule has 0 spiro atoms. The van der Waals surface area contributed by atoms with Crippen LogP contribution in [0.25, 0.3) is 0 Å². The Morgan fingerprint density at radius 3 is 2.65 bits per heavy atom. The van der Waals surface area contributed by atoms with Crippen LogP contribution < -0.4 is 4.74 Å². The molecule has 1 unspecified atom stereocenters. The van der Waals surface area contributed by atoms with Crippen LogP contribution >= 0.6 is 0 Å². The van der Waals surface area contributed by atoms with E-state index < -0.39 is 12.1 Å². The lowest BCUT2D eigenvalue weighted by Gasteiger charge is -2.07. The number of ketones is 1. The first-order valence-corrected chi connectivity index (χ1v) is 6.16. The molecule has 5 heteroatoms. The normalized spacial score (nSPS) is 16.4. The summed E-state index contributed by atoms with van der Waals surface area (Å²) >= 11 is 0. The van der Waals surface area contributed by atoms with Gasteiger partial charge in [0.2, 0.25) is 11.5 Å². The van der Waals surface area contributed by atoms with Gasteiger partial charge in [-0.3, -0.25) is 4.79 Å². The molecule has 0 bridgehead atoms. The van der Waals surface area contributed by atoms with Gasteiger partial charge in [0.15, 0.2) is 11.9 Å². The van der Waals surface area contributed by atoms with E-state index in [0.29, 0.717) is 12.2 Å².